The van der Waals surface area contributed by atoms with Crippen molar-refractivity contribution >= 4 is 29.1 Å². The maximum absolute atomic E-state index is 13.3. The summed E-state index contributed by atoms with van der Waals surface area (Å²) in [7, 11) is 1.51. The fourth-order valence-electron chi connectivity index (χ4n) is 4.64. The van der Waals surface area contributed by atoms with Crippen LogP contribution in [0, 0.1) is 11.8 Å². The Morgan fingerprint density at radius 2 is 1.93 bits per heavy atom. The molecule has 2 N–H and O–H groups in total. The zero-order chi connectivity index (χ0) is 19.9. The van der Waals surface area contributed by atoms with Crippen LogP contribution >= 0.6 is 11.3 Å². The number of likely N-dealkylation sites (tertiary alicyclic amines) is 1. The summed E-state index contributed by atoms with van der Waals surface area (Å²) >= 11 is 1.54. The van der Waals surface area contributed by atoms with Crippen molar-refractivity contribution in [2.45, 2.75) is 24.9 Å². The fourth-order valence-corrected chi connectivity index (χ4v) is 5.48. The van der Waals surface area contributed by atoms with Crippen LogP contribution in [0.15, 0.2) is 47.8 Å². The molecule has 3 heterocycles. The van der Waals surface area contributed by atoms with Crippen molar-refractivity contribution in [2.24, 2.45) is 11.8 Å². The number of imide groups is 1. The molecule has 0 unspecified atom stereocenters. The van der Waals surface area contributed by atoms with Gasteiger partial charge in [0.1, 0.15) is 17.9 Å². The van der Waals surface area contributed by atoms with E-state index in [1.165, 1.54) is 11.9 Å². The minimum atomic E-state index is -1.16. The highest BCUT2D eigenvalue weighted by Crippen LogP contribution is 2.46. The van der Waals surface area contributed by atoms with Gasteiger partial charge in [-0.1, -0.05) is 36.4 Å². The van der Waals surface area contributed by atoms with Crippen LogP contribution in [0.3, 0.4) is 0 Å². The number of ether oxygens (including phenoxy) is 1. The van der Waals surface area contributed by atoms with E-state index in [1.54, 1.807) is 18.3 Å². The Hall–Kier alpha value is -2.51. The van der Waals surface area contributed by atoms with Crippen molar-refractivity contribution in [2.75, 3.05) is 13.7 Å². The third-order valence-corrected chi connectivity index (χ3v) is 6.83. The van der Waals surface area contributed by atoms with Crippen molar-refractivity contribution in [1.29, 1.82) is 0 Å². The van der Waals surface area contributed by atoms with Gasteiger partial charge in [-0.05, 0) is 23.9 Å². The number of nitrogens with two attached hydrogens (primary N) is 1. The van der Waals surface area contributed by atoms with Gasteiger partial charge in [0, 0.05) is 13.5 Å². The van der Waals surface area contributed by atoms with E-state index in [1.807, 2.05) is 53.2 Å². The molecule has 0 aliphatic carbocycles. The number of nitrogens with zero attached hydrogens (tertiary/aromatic N) is 1. The van der Waals surface area contributed by atoms with Crippen molar-refractivity contribution in [3.63, 3.8) is 0 Å². The van der Waals surface area contributed by atoms with E-state index in [9.17, 15) is 14.4 Å². The van der Waals surface area contributed by atoms with Gasteiger partial charge in [0.25, 0.3) is 0 Å². The number of thiophene rings is 1. The molecule has 0 bridgehead atoms. The quantitative estimate of drug-likeness (QED) is 0.604. The lowest BCUT2D eigenvalue weighted by Crippen LogP contribution is -2.98. The smallest absolute Gasteiger partial charge is 0.369 e. The molecular weight excluding hydrogens is 376 g/mol. The SMILES string of the molecule is CCOC(=O)[C@]1(Cc2ccccc2)[NH2+][C@@H](c2cccs2)[C@H]2C(=O)N(C)C(=O)[C@H]21. The topological polar surface area (TPSA) is 80.3 Å². The van der Waals surface area contributed by atoms with Gasteiger partial charge in [0.15, 0.2) is 0 Å². The second kappa shape index (κ2) is 7.14. The summed E-state index contributed by atoms with van der Waals surface area (Å²) in [6.45, 7) is 1.98. The van der Waals surface area contributed by atoms with E-state index in [2.05, 4.69) is 0 Å². The van der Waals surface area contributed by atoms with Crippen LogP contribution in [0.2, 0.25) is 0 Å². The largest absolute Gasteiger partial charge is 0.461 e. The Balaban J connectivity index is 1.85. The van der Waals surface area contributed by atoms with Crippen LogP contribution in [0.25, 0.3) is 0 Å². The third-order valence-electron chi connectivity index (χ3n) is 5.86. The van der Waals surface area contributed by atoms with Crippen LogP contribution in [0.5, 0.6) is 0 Å². The van der Waals surface area contributed by atoms with Gasteiger partial charge in [-0.25, -0.2) is 4.79 Å². The summed E-state index contributed by atoms with van der Waals surface area (Å²) < 4.78 is 5.45. The average molecular weight is 399 g/mol. The number of quaternary nitrogens is 1. The van der Waals surface area contributed by atoms with E-state index < -0.39 is 23.3 Å². The summed E-state index contributed by atoms with van der Waals surface area (Å²) in [6, 6.07) is 13.2. The molecule has 2 aliphatic heterocycles. The first kappa shape index (κ1) is 18.8. The molecule has 1 aromatic carbocycles. The standard InChI is InChI=1S/C21H22N2O4S/c1-3-27-20(26)21(12-13-8-5-4-6-9-13)16-15(18(24)23(2)19(16)25)17(22-21)14-10-7-11-28-14/h4-11,15-17,22H,3,12H2,1-2H3/p+1/t15-,16-,17-,21+/m0/s1. The van der Waals surface area contributed by atoms with Gasteiger partial charge in [-0.15, -0.1) is 11.3 Å². The Labute approximate surface area is 167 Å². The number of carbonyl (C=O) groups is 3. The van der Waals surface area contributed by atoms with E-state index in [0.717, 1.165) is 10.4 Å². The predicted octanol–water partition coefficient (Wildman–Crippen LogP) is 1.14. The molecule has 2 aliphatic rings. The van der Waals surface area contributed by atoms with Gasteiger partial charge >= 0.3 is 5.97 Å². The monoisotopic (exact) mass is 399 g/mol. The Morgan fingerprint density at radius 1 is 1.18 bits per heavy atom. The predicted molar refractivity (Wildman–Crippen MR) is 103 cm³/mol. The first-order valence-electron chi connectivity index (χ1n) is 9.41. The summed E-state index contributed by atoms with van der Waals surface area (Å²) in [6.07, 6.45) is 0.336. The van der Waals surface area contributed by atoms with Crippen molar-refractivity contribution in [1.82, 2.24) is 4.90 Å². The first-order chi connectivity index (χ1) is 13.5. The zero-order valence-corrected chi connectivity index (χ0v) is 16.6. The molecule has 0 radical (unpaired) electrons. The van der Waals surface area contributed by atoms with Gasteiger partial charge in [0.05, 0.1) is 11.5 Å². The molecule has 2 amide bonds. The summed E-state index contributed by atoms with van der Waals surface area (Å²) in [4.78, 5) is 41.5. The molecule has 0 spiro atoms. The highest BCUT2D eigenvalue weighted by molar-refractivity contribution is 7.10. The summed E-state index contributed by atoms with van der Waals surface area (Å²) in [5.74, 6) is -2.25. The number of amides is 2. The number of benzene rings is 1. The molecule has 2 saturated heterocycles. The molecule has 2 fully saturated rings. The van der Waals surface area contributed by atoms with Crippen LogP contribution < -0.4 is 5.32 Å². The summed E-state index contributed by atoms with van der Waals surface area (Å²) in [5, 5.41) is 3.87. The molecule has 4 atom stereocenters. The highest BCUT2D eigenvalue weighted by Gasteiger charge is 2.72. The molecule has 4 rings (SSSR count). The molecule has 0 saturated carbocycles. The number of esters is 1. The number of hydrogen-bond acceptors (Lipinski definition) is 5. The average Bonchev–Trinajstić information content (AvgIpc) is 3.38. The van der Waals surface area contributed by atoms with E-state index in [4.69, 9.17) is 4.74 Å². The molecule has 7 heteroatoms. The van der Waals surface area contributed by atoms with Gasteiger partial charge in [-0.2, -0.15) is 0 Å². The van der Waals surface area contributed by atoms with E-state index in [0.29, 0.717) is 6.42 Å². The summed E-state index contributed by atoms with van der Waals surface area (Å²) in [5.41, 5.74) is -0.221. The Kier molecular flexibility index (Phi) is 4.81. The number of rotatable bonds is 5. The second-order valence-corrected chi connectivity index (χ2v) is 8.35. The fraction of sp³-hybridized carbons (Fsp3) is 0.381. The molecule has 2 aromatic rings. The molecule has 1 aromatic heterocycles. The number of fused-ring (bicyclic) bond motifs is 1. The maximum Gasteiger partial charge on any atom is 0.369 e. The minimum absolute atomic E-state index is 0.219. The maximum atomic E-state index is 13.3. The normalized spacial score (nSPS) is 29.2. The lowest BCUT2D eigenvalue weighted by atomic mass is 9.76. The molecular formula is C21H23N2O4S+. The van der Waals surface area contributed by atoms with Crippen LogP contribution in [-0.4, -0.2) is 41.9 Å². The minimum Gasteiger partial charge on any atom is -0.461 e. The Bertz CT molecular complexity index is 898. The van der Waals surface area contributed by atoms with Gasteiger partial charge in [-0.3, -0.25) is 14.5 Å². The van der Waals surface area contributed by atoms with Crippen LogP contribution in [-0.2, 0) is 25.5 Å². The van der Waals surface area contributed by atoms with E-state index >= 15 is 0 Å². The van der Waals surface area contributed by atoms with Crippen LogP contribution in [0.4, 0.5) is 0 Å². The lowest BCUT2D eigenvalue weighted by Gasteiger charge is -2.29. The van der Waals surface area contributed by atoms with Gasteiger partial charge < -0.3 is 10.1 Å². The lowest BCUT2D eigenvalue weighted by molar-refractivity contribution is -0.733. The highest BCUT2D eigenvalue weighted by atomic mass is 32.1. The Morgan fingerprint density at radius 3 is 2.57 bits per heavy atom. The first-order valence-corrected chi connectivity index (χ1v) is 10.3. The molecule has 146 valence electrons. The third kappa shape index (κ3) is 2.77. The van der Waals surface area contributed by atoms with Crippen molar-refractivity contribution in [3.05, 3.63) is 58.3 Å². The molecule has 28 heavy (non-hydrogen) atoms. The van der Waals surface area contributed by atoms with Crippen LogP contribution in [0.1, 0.15) is 23.4 Å². The van der Waals surface area contributed by atoms with Gasteiger partial charge in [0.2, 0.25) is 17.4 Å². The molecule has 6 nitrogen and oxygen atoms in total. The van der Waals surface area contributed by atoms with Crippen molar-refractivity contribution in [3.8, 4) is 0 Å². The van der Waals surface area contributed by atoms with E-state index in [-0.39, 0.29) is 24.5 Å². The zero-order valence-electron chi connectivity index (χ0n) is 15.8. The number of carbonyl (C=O) groups excluding carboxylic acids is 3. The number of hydrogen-bond donors (Lipinski definition) is 1. The van der Waals surface area contributed by atoms with Crippen molar-refractivity contribution < 1.29 is 24.4 Å². The second-order valence-electron chi connectivity index (χ2n) is 7.37.